The van der Waals surface area contributed by atoms with Gasteiger partial charge in [-0.05, 0) is 17.5 Å². The van der Waals surface area contributed by atoms with E-state index in [-0.39, 0.29) is 12.3 Å². The van der Waals surface area contributed by atoms with Crippen LogP contribution in [0.25, 0.3) is 0 Å². The molecule has 0 fully saturated rings. The van der Waals surface area contributed by atoms with E-state index in [1.807, 2.05) is 12.1 Å². The van der Waals surface area contributed by atoms with Crippen molar-refractivity contribution in [3.8, 4) is 0 Å². The number of nitrogens with zero attached hydrogens (tertiary/aromatic N) is 2. The molecule has 3 rings (SSSR count). The second-order valence-corrected chi connectivity index (χ2v) is 4.99. The average Bonchev–Trinajstić information content (AvgIpc) is 2.98. The van der Waals surface area contributed by atoms with Crippen molar-refractivity contribution in [3.05, 3.63) is 53.6 Å². The van der Waals surface area contributed by atoms with Gasteiger partial charge in [0.05, 0.1) is 6.42 Å². The summed E-state index contributed by atoms with van der Waals surface area (Å²) in [6, 6.07) is 6.46. The van der Waals surface area contributed by atoms with Crippen LogP contribution in [-0.4, -0.2) is 38.4 Å². The van der Waals surface area contributed by atoms with Crippen molar-refractivity contribution in [1.82, 2.24) is 14.9 Å². The number of hydrogen-bond donors (Lipinski definition) is 2. The van der Waals surface area contributed by atoms with Crippen LogP contribution in [-0.2, 0) is 22.4 Å². The van der Waals surface area contributed by atoms with Crippen molar-refractivity contribution >= 4 is 11.9 Å². The summed E-state index contributed by atoms with van der Waals surface area (Å²) in [7, 11) is 0. The van der Waals surface area contributed by atoms with Crippen LogP contribution < -0.4 is 0 Å². The molecule has 0 saturated heterocycles. The number of nitrogens with one attached hydrogen (secondary N) is 1. The summed E-state index contributed by atoms with van der Waals surface area (Å²) in [5, 5.41) is 9.51. The van der Waals surface area contributed by atoms with Gasteiger partial charge in [-0.2, -0.15) is 0 Å². The molecule has 0 unspecified atom stereocenters. The molecule has 2 aromatic rings. The highest BCUT2D eigenvalue weighted by atomic mass is 16.4. The van der Waals surface area contributed by atoms with Crippen LogP contribution in [0, 0.1) is 0 Å². The van der Waals surface area contributed by atoms with E-state index < -0.39 is 12.0 Å². The van der Waals surface area contributed by atoms with Gasteiger partial charge in [0, 0.05) is 18.9 Å². The second kappa shape index (κ2) is 5.40. The van der Waals surface area contributed by atoms with E-state index in [9.17, 15) is 14.7 Å². The number of imidazole rings is 1. The van der Waals surface area contributed by atoms with Crippen molar-refractivity contribution in [2.75, 3.05) is 6.54 Å². The summed E-state index contributed by atoms with van der Waals surface area (Å²) in [5.41, 5.74) is 1.69. The summed E-state index contributed by atoms with van der Waals surface area (Å²) in [5.74, 6) is -0.690. The average molecular weight is 285 g/mol. The highest BCUT2D eigenvalue weighted by molar-refractivity contribution is 5.86. The molecule has 0 spiro atoms. The third kappa shape index (κ3) is 2.52. The lowest BCUT2D eigenvalue weighted by molar-refractivity contribution is -0.151. The Labute approximate surface area is 121 Å². The van der Waals surface area contributed by atoms with E-state index in [1.54, 1.807) is 24.5 Å². The topological polar surface area (TPSA) is 86.3 Å². The van der Waals surface area contributed by atoms with Crippen LogP contribution in [0.3, 0.4) is 0 Å². The number of aromatic nitrogens is 2. The number of fused-ring (bicyclic) bond motifs is 1. The van der Waals surface area contributed by atoms with Gasteiger partial charge in [-0.3, -0.25) is 4.79 Å². The Kier molecular flexibility index (Phi) is 3.43. The van der Waals surface area contributed by atoms with E-state index >= 15 is 0 Å². The summed E-state index contributed by atoms with van der Waals surface area (Å²) in [6.07, 6.45) is 3.97. The van der Waals surface area contributed by atoms with Crippen LogP contribution in [0.5, 0.6) is 0 Å². The minimum atomic E-state index is -1.00. The molecule has 2 N–H and O–H groups in total. The molecule has 1 aliphatic heterocycles. The minimum absolute atomic E-state index is 0.0823. The summed E-state index contributed by atoms with van der Waals surface area (Å²) >= 11 is 0. The van der Waals surface area contributed by atoms with E-state index in [1.165, 1.54) is 4.90 Å². The van der Waals surface area contributed by atoms with Gasteiger partial charge in [0.15, 0.2) is 6.04 Å². The zero-order chi connectivity index (χ0) is 14.8. The predicted molar refractivity (Wildman–Crippen MR) is 74.5 cm³/mol. The molecule has 108 valence electrons. The lowest BCUT2D eigenvalue weighted by Gasteiger charge is -2.34. The first-order valence-corrected chi connectivity index (χ1v) is 6.75. The molecule has 6 heteroatoms. The molecule has 1 aromatic heterocycles. The molecule has 1 amide bonds. The van der Waals surface area contributed by atoms with Gasteiger partial charge in [-0.15, -0.1) is 0 Å². The zero-order valence-corrected chi connectivity index (χ0v) is 11.3. The van der Waals surface area contributed by atoms with Crippen LogP contribution in [0.15, 0.2) is 36.7 Å². The van der Waals surface area contributed by atoms with E-state index in [0.29, 0.717) is 24.4 Å². The Balaban J connectivity index is 1.88. The second-order valence-electron chi connectivity index (χ2n) is 4.99. The van der Waals surface area contributed by atoms with Gasteiger partial charge in [-0.25, -0.2) is 9.78 Å². The Morgan fingerprint density at radius 3 is 2.90 bits per heavy atom. The molecule has 2 heterocycles. The summed E-state index contributed by atoms with van der Waals surface area (Å²) in [6.45, 7) is 0.410. The van der Waals surface area contributed by atoms with Crippen molar-refractivity contribution in [2.24, 2.45) is 0 Å². The van der Waals surface area contributed by atoms with Crippen molar-refractivity contribution < 1.29 is 14.7 Å². The molecule has 1 aromatic carbocycles. The maximum Gasteiger partial charge on any atom is 0.331 e. The number of rotatable bonds is 3. The first kappa shape index (κ1) is 13.4. The van der Waals surface area contributed by atoms with E-state index in [4.69, 9.17) is 0 Å². The number of benzene rings is 1. The molecule has 1 aliphatic rings. The van der Waals surface area contributed by atoms with Gasteiger partial charge in [-0.1, -0.05) is 24.3 Å². The van der Waals surface area contributed by atoms with Gasteiger partial charge >= 0.3 is 5.97 Å². The maximum atomic E-state index is 12.4. The fraction of sp³-hybridized carbons (Fsp3) is 0.267. The van der Waals surface area contributed by atoms with E-state index in [0.717, 1.165) is 5.56 Å². The Morgan fingerprint density at radius 1 is 1.38 bits per heavy atom. The maximum absolute atomic E-state index is 12.4. The summed E-state index contributed by atoms with van der Waals surface area (Å²) < 4.78 is 0. The van der Waals surface area contributed by atoms with Gasteiger partial charge in [0.1, 0.15) is 5.82 Å². The SMILES string of the molecule is O=C(O)[C@H]1c2ccccc2CCN1C(=O)Cc1ncc[nH]1. The predicted octanol–water partition coefficient (Wildman–Crippen LogP) is 1.16. The van der Waals surface area contributed by atoms with Crippen LogP contribution in [0.4, 0.5) is 0 Å². The van der Waals surface area contributed by atoms with Crippen molar-refractivity contribution in [3.63, 3.8) is 0 Å². The number of amides is 1. The van der Waals surface area contributed by atoms with Gasteiger partial charge in [0.25, 0.3) is 0 Å². The number of carbonyl (C=O) groups excluding carboxylic acids is 1. The van der Waals surface area contributed by atoms with Crippen molar-refractivity contribution in [1.29, 1.82) is 0 Å². The standard InChI is InChI=1S/C15H15N3O3/c19-13(9-12-16-6-7-17-12)18-8-5-10-3-1-2-4-11(10)14(18)15(20)21/h1-4,6-7,14H,5,8-9H2,(H,16,17)(H,20,21)/t14-/m1/s1. The monoisotopic (exact) mass is 285 g/mol. The molecule has 0 radical (unpaired) electrons. The third-order valence-electron chi connectivity index (χ3n) is 3.71. The minimum Gasteiger partial charge on any atom is -0.479 e. The molecule has 21 heavy (non-hydrogen) atoms. The number of H-pyrrole nitrogens is 1. The largest absolute Gasteiger partial charge is 0.479 e. The Hall–Kier alpha value is -2.63. The first-order valence-electron chi connectivity index (χ1n) is 6.75. The Morgan fingerprint density at radius 2 is 2.19 bits per heavy atom. The highest BCUT2D eigenvalue weighted by Crippen LogP contribution is 2.30. The molecular formula is C15H15N3O3. The third-order valence-corrected chi connectivity index (χ3v) is 3.71. The van der Waals surface area contributed by atoms with Crippen LogP contribution in [0.1, 0.15) is 23.0 Å². The fourth-order valence-corrected chi connectivity index (χ4v) is 2.74. The fourth-order valence-electron chi connectivity index (χ4n) is 2.74. The number of aliphatic carboxylic acids is 1. The highest BCUT2D eigenvalue weighted by Gasteiger charge is 2.35. The first-order chi connectivity index (χ1) is 10.2. The van der Waals surface area contributed by atoms with E-state index in [2.05, 4.69) is 9.97 Å². The van der Waals surface area contributed by atoms with Crippen LogP contribution >= 0.6 is 0 Å². The number of carboxylic acid groups (broad SMARTS) is 1. The molecule has 0 bridgehead atoms. The quantitative estimate of drug-likeness (QED) is 0.886. The van der Waals surface area contributed by atoms with Gasteiger partial charge < -0.3 is 15.0 Å². The normalized spacial score (nSPS) is 17.3. The number of aromatic amines is 1. The lowest BCUT2D eigenvalue weighted by atomic mass is 9.92. The zero-order valence-electron chi connectivity index (χ0n) is 11.3. The van der Waals surface area contributed by atoms with Crippen molar-refractivity contribution in [2.45, 2.75) is 18.9 Å². The summed E-state index contributed by atoms with van der Waals surface area (Å²) in [4.78, 5) is 32.3. The molecule has 0 aliphatic carbocycles. The molecular weight excluding hydrogens is 270 g/mol. The number of hydrogen-bond acceptors (Lipinski definition) is 3. The van der Waals surface area contributed by atoms with Gasteiger partial charge in [0.2, 0.25) is 5.91 Å². The molecule has 6 nitrogen and oxygen atoms in total. The van der Waals surface area contributed by atoms with Crippen LogP contribution in [0.2, 0.25) is 0 Å². The number of carbonyl (C=O) groups is 2. The molecule has 1 atom stereocenters. The Bertz CT molecular complexity index is 667. The smallest absolute Gasteiger partial charge is 0.331 e. The molecule has 0 saturated carbocycles. The number of carboxylic acids is 1. The lowest BCUT2D eigenvalue weighted by Crippen LogP contribution is -2.44.